The van der Waals surface area contributed by atoms with E-state index in [1.807, 2.05) is 6.07 Å². The number of benzene rings is 2. The molecule has 1 aliphatic rings. The Kier molecular flexibility index (Phi) is 7.01. The molecule has 0 amide bonds. The molecule has 0 atom stereocenters. The molecule has 32 heavy (non-hydrogen) atoms. The Hall–Kier alpha value is -3.39. The first-order valence-electron chi connectivity index (χ1n) is 11.0. The summed E-state index contributed by atoms with van der Waals surface area (Å²) >= 11 is 0. The van der Waals surface area contributed by atoms with Crippen LogP contribution in [0.15, 0.2) is 59.1 Å². The molecule has 1 aromatic heterocycles. The highest BCUT2D eigenvalue weighted by Crippen LogP contribution is 2.25. The van der Waals surface area contributed by atoms with Crippen LogP contribution in [-0.2, 0) is 6.54 Å². The number of non-ortho nitro benzene ring substituents is 1. The second-order valence-electron chi connectivity index (χ2n) is 8.25. The van der Waals surface area contributed by atoms with Crippen LogP contribution in [0.25, 0.3) is 11.5 Å². The highest BCUT2D eigenvalue weighted by Gasteiger charge is 2.21. The molecule has 3 aromatic rings. The van der Waals surface area contributed by atoms with Gasteiger partial charge in [-0.3, -0.25) is 19.8 Å². The van der Waals surface area contributed by atoms with Gasteiger partial charge in [0.2, 0.25) is 11.6 Å². The monoisotopic (exact) mass is 434 g/mol. The zero-order valence-electron chi connectivity index (χ0n) is 17.9. The predicted octanol–water partition coefficient (Wildman–Crippen LogP) is 4.91. The largest absolute Gasteiger partial charge is 0.334 e. The molecule has 8 nitrogen and oxygen atoms in total. The number of likely N-dealkylation sites (tertiary alicyclic amines) is 1. The Morgan fingerprint density at radius 2 is 1.81 bits per heavy atom. The van der Waals surface area contributed by atoms with Crippen LogP contribution in [0.2, 0.25) is 0 Å². The summed E-state index contributed by atoms with van der Waals surface area (Å²) in [7, 11) is 0. The van der Waals surface area contributed by atoms with Crippen LogP contribution in [0, 0.1) is 16.0 Å². The third-order valence-electron chi connectivity index (χ3n) is 5.97. The van der Waals surface area contributed by atoms with E-state index >= 15 is 0 Å². The molecule has 166 valence electrons. The summed E-state index contributed by atoms with van der Waals surface area (Å²) in [5, 5.41) is 14.5. The second kappa shape index (κ2) is 10.3. The Labute approximate surface area is 186 Å². The normalized spacial score (nSPS) is 15.0. The summed E-state index contributed by atoms with van der Waals surface area (Å²) in [6.45, 7) is 3.19. The number of rotatable bonds is 9. The molecule has 0 aliphatic carbocycles. The van der Waals surface area contributed by atoms with E-state index in [2.05, 4.69) is 39.3 Å². The van der Waals surface area contributed by atoms with E-state index < -0.39 is 4.92 Å². The first-order chi connectivity index (χ1) is 15.6. The third kappa shape index (κ3) is 5.64. The minimum Gasteiger partial charge on any atom is -0.334 e. The van der Waals surface area contributed by atoms with Gasteiger partial charge in [0.05, 0.1) is 4.92 Å². The van der Waals surface area contributed by atoms with Crippen LogP contribution in [0.4, 0.5) is 5.69 Å². The minimum atomic E-state index is -0.473. The van der Waals surface area contributed by atoms with E-state index in [1.54, 1.807) is 0 Å². The highest BCUT2D eigenvalue weighted by atomic mass is 16.6. The molecule has 0 unspecified atom stereocenters. The number of nitro benzene ring substituents is 1. The van der Waals surface area contributed by atoms with Gasteiger partial charge in [-0.15, -0.1) is 0 Å². The third-order valence-corrected chi connectivity index (χ3v) is 5.97. The van der Waals surface area contributed by atoms with Gasteiger partial charge in [-0.25, -0.2) is 0 Å². The summed E-state index contributed by atoms with van der Waals surface area (Å²) in [6.07, 6.45) is 4.55. The molecule has 0 N–H and O–H groups in total. The van der Waals surface area contributed by atoms with Gasteiger partial charge in [-0.2, -0.15) is 4.98 Å². The van der Waals surface area contributed by atoms with Crippen molar-refractivity contribution in [2.75, 3.05) is 13.1 Å². The van der Waals surface area contributed by atoms with Gasteiger partial charge >= 0.3 is 0 Å². The molecule has 0 spiro atoms. The van der Waals surface area contributed by atoms with Gasteiger partial charge in [0.25, 0.3) is 11.6 Å². The van der Waals surface area contributed by atoms with E-state index in [0.29, 0.717) is 17.9 Å². The molecule has 0 radical (unpaired) electrons. The van der Waals surface area contributed by atoms with Crippen molar-refractivity contribution in [2.45, 2.75) is 38.6 Å². The molecule has 2 heterocycles. The van der Waals surface area contributed by atoms with Gasteiger partial charge in [-0.05, 0) is 62.4 Å². The van der Waals surface area contributed by atoms with Crippen LogP contribution < -0.4 is 0 Å². The lowest BCUT2D eigenvalue weighted by molar-refractivity contribution is -0.384. The maximum absolute atomic E-state index is 12.4. The van der Waals surface area contributed by atoms with Crippen molar-refractivity contribution in [2.24, 2.45) is 5.92 Å². The summed E-state index contributed by atoms with van der Waals surface area (Å²) < 4.78 is 5.17. The van der Waals surface area contributed by atoms with Crippen molar-refractivity contribution in [1.82, 2.24) is 15.0 Å². The van der Waals surface area contributed by atoms with Crippen LogP contribution in [0.1, 0.15) is 48.3 Å². The standard InChI is InChI=1S/C24H26N4O4/c29-22(23-25-24(32-26-23)20-9-11-21(12-10-20)28(30)31)8-4-7-18-13-15-27(16-14-18)17-19-5-2-1-3-6-19/h1-3,5-6,9-12,18H,4,7-8,13-17H2. The fourth-order valence-corrected chi connectivity index (χ4v) is 4.12. The van der Waals surface area contributed by atoms with Crippen molar-refractivity contribution >= 4 is 11.5 Å². The maximum atomic E-state index is 12.4. The van der Waals surface area contributed by atoms with Crippen molar-refractivity contribution in [3.8, 4) is 11.5 Å². The van der Waals surface area contributed by atoms with E-state index in [4.69, 9.17) is 4.52 Å². The fraction of sp³-hybridized carbons (Fsp3) is 0.375. The number of hydrogen-bond donors (Lipinski definition) is 0. The summed E-state index contributed by atoms with van der Waals surface area (Å²) in [4.78, 5) is 29.4. The second-order valence-corrected chi connectivity index (χ2v) is 8.25. The first-order valence-corrected chi connectivity index (χ1v) is 11.0. The van der Waals surface area contributed by atoms with Gasteiger partial charge in [0, 0.05) is 30.7 Å². The van der Waals surface area contributed by atoms with Crippen LogP contribution >= 0.6 is 0 Å². The van der Waals surface area contributed by atoms with Gasteiger partial charge in [0.1, 0.15) is 0 Å². The van der Waals surface area contributed by atoms with Crippen molar-refractivity contribution in [1.29, 1.82) is 0 Å². The van der Waals surface area contributed by atoms with E-state index in [-0.39, 0.29) is 23.2 Å². The number of aromatic nitrogens is 2. The van der Waals surface area contributed by atoms with Gasteiger partial charge in [0.15, 0.2) is 0 Å². The quantitative estimate of drug-likeness (QED) is 0.268. The predicted molar refractivity (Wildman–Crippen MR) is 119 cm³/mol. The lowest BCUT2D eigenvalue weighted by Crippen LogP contribution is -2.33. The molecule has 0 saturated carbocycles. The molecule has 1 saturated heterocycles. The van der Waals surface area contributed by atoms with Crippen molar-refractivity contribution in [3.05, 3.63) is 76.1 Å². The van der Waals surface area contributed by atoms with Gasteiger partial charge < -0.3 is 4.52 Å². The highest BCUT2D eigenvalue weighted by molar-refractivity contribution is 5.92. The molecule has 2 aromatic carbocycles. The number of hydrogen-bond acceptors (Lipinski definition) is 7. The number of ketones is 1. The zero-order chi connectivity index (χ0) is 22.3. The van der Waals surface area contributed by atoms with E-state index in [0.717, 1.165) is 45.3 Å². The number of Topliss-reactive ketones (excluding diaryl/α,β-unsaturated/α-hetero) is 1. The van der Waals surface area contributed by atoms with E-state index in [1.165, 1.54) is 29.8 Å². The van der Waals surface area contributed by atoms with Crippen LogP contribution in [0.3, 0.4) is 0 Å². The molecule has 1 aliphatic heterocycles. The lowest BCUT2D eigenvalue weighted by Gasteiger charge is -2.32. The molecule has 0 bridgehead atoms. The average molecular weight is 434 g/mol. The molecule has 1 fully saturated rings. The van der Waals surface area contributed by atoms with Crippen LogP contribution in [-0.4, -0.2) is 38.8 Å². The van der Waals surface area contributed by atoms with Crippen molar-refractivity contribution in [3.63, 3.8) is 0 Å². The van der Waals surface area contributed by atoms with Crippen LogP contribution in [0.5, 0.6) is 0 Å². The fourth-order valence-electron chi connectivity index (χ4n) is 4.12. The molecule has 4 rings (SSSR count). The lowest BCUT2D eigenvalue weighted by atomic mass is 9.91. The first kappa shape index (κ1) is 21.8. The average Bonchev–Trinajstić information content (AvgIpc) is 3.31. The Balaban J connectivity index is 1.20. The summed E-state index contributed by atoms with van der Waals surface area (Å²) in [6, 6.07) is 16.3. The minimum absolute atomic E-state index is 0.0181. The number of carbonyl (C=O) groups excluding carboxylic acids is 1. The van der Waals surface area contributed by atoms with Gasteiger partial charge in [-0.1, -0.05) is 35.5 Å². The Morgan fingerprint density at radius 1 is 1.09 bits per heavy atom. The number of carbonyl (C=O) groups is 1. The Morgan fingerprint density at radius 3 is 2.50 bits per heavy atom. The summed E-state index contributed by atoms with van der Waals surface area (Å²) in [5.74, 6) is 0.768. The summed E-state index contributed by atoms with van der Waals surface area (Å²) in [5.41, 5.74) is 1.88. The smallest absolute Gasteiger partial charge is 0.269 e. The Bertz CT molecular complexity index is 1040. The molecular formula is C24H26N4O4. The zero-order valence-corrected chi connectivity index (χ0v) is 17.9. The molecular weight excluding hydrogens is 408 g/mol. The SMILES string of the molecule is O=C(CCCC1CCN(Cc2ccccc2)CC1)c1noc(-c2ccc([N+](=O)[O-])cc2)n1. The number of nitro groups is 1. The number of piperidine rings is 1. The number of nitrogens with zero attached hydrogens (tertiary/aromatic N) is 4. The molecule has 8 heteroatoms. The van der Waals surface area contributed by atoms with E-state index in [9.17, 15) is 14.9 Å². The maximum Gasteiger partial charge on any atom is 0.269 e. The topological polar surface area (TPSA) is 102 Å². The van der Waals surface area contributed by atoms with Crippen molar-refractivity contribution < 1.29 is 14.2 Å².